The fourth-order valence-electron chi connectivity index (χ4n) is 3.12. The van der Waals surface area contributed by atoms with Crippen molar-refractivity contribution < 1.29 is 9.47 Å². The second-order valence-corrected chi connectivity index (χ2v) is 6.89. The molecule has 0 atom stereocenters. The molecule has 0 saturated heterocycles. The van der Waals surface area contributed by atoms with E-state index in [0.29, 0.717) is 6.61 Å². The van der Waals surface area contributed by atoms with Gasteiger partial charge < -0.3 is 24.7 Å². The van der Waals surface area contributed by atoms with Gasteiger partial charge in [0.1, 0.15) is 0 Å². The average Bonchev–Trinajstić information content (AvgIpc) is 2.76. The summed E-state index contributed by atoms with van der Waals surface area (Å²) in [5, 5.41) is 6.67. The predicted octanol–water partition coefficient (Wildman–Crippen LogP) is 3.45. The molecule has 0 fully saturated rings. The van der Waals surface area contributed by atoms with E-state index >= 15 is 0 Å². The first kappa shape index (κ1) is 26.8. The number of rotatable bonds is 12. The van der Waals surface area contributed by atoms with Gasteiger partial charge in [-0.2, -0.15) is 0 Å². The first-order valence-electron chi connectivity index (χ1n) is 10.6. The Bertz CT molecular complexity index is 855. The van der Waals surface area contributed by atoms with Crippen LogP contribution in [-0.4, -0.2) is 44.4 Å². The van der Waals surface area contributed by atoms with Gasteiger partial charge in [-0.1, -0.05) is 12.1 Å². The number of aryl methyl sites for hydroxylation is 2. The van der Waals surface area contributed by atoms with Gasteiger partial charge in [0.15, 0.2) is 17.5 Å². The smallest absolute Gasteiger partial charge is 0.250 e. The van der Waals surface area contributed by atoms with Crippen LogP contribution in [0.1, 0.15) is 31.7 Å². The lowest BCUT2D eigenvalue weighted by molar-refractivity contribution is 0.310. The number of guanidine groups is 1. The maximum atomic E-state index is 11.7. The van der Waals surface area contributed by atoms with Crippen molar-refractivity contribution in [3.05, 3.63) is 58.5 Å². The number of nitrogens with one attached hydrogen (secondary N) is 2. The van der Waals surface area contributed by atoms with Crippen molar-refractivity contribution >= 4 is 29.9 Å². The number of aliphatic imine (C=N–C) groups is 1. The lowest BCUT2D eigenvalue weighted by Gasteiger charge is -2.13. The summed E-state index contributed by atoms with van der Waals surface area (Å²) < 4.78 is 12.7. The summed E-state index contributed by atoms with van der Waals surface area (Å²) in [6.07, 6.45) is 5.66. The molecule has 31 heavy (non-hydrogen) atoms. The minimum atomic E-state index is 0. The number of benzene rings is 1. The molecule has 0 aliphatic rings. The Kier molecular flexibility index (Phi) is 13.4. The number of hydrogen-bond donors (Lipinski definition) is 2. The molecule has 1 heterocycles. The molecule has 1 aromatic heterocycles. The van der Waals surface area contributed by atoms with Crippen molar-refractivity contribution in [3.8, 4) is 11.5 Å². The summed E-state index contributed by atoms with van der Waals surface area (Å²) in [6, 6.07) is 11.3. The normalized spacial score (nSPS) is 10.9. The largest absolute Gasteiger partial charge is 0.493 e. The van der Waals surface area contributed by atoms with Gasteiger partial charge in [-0.15, -0.1) is 24.0 Å². The molecular weight excluding hydrogens is 507 g/mol. The lowest BCUT2D eigenvalue weighted by atomic mass is 10.1. The lowest BCUT2D eigenvalue weighted by Crippen LogP contribution is -2.38. The first-order chi connectivity index (χ1) is 14.7. The number of pyridine rings is 1. The summed E-state index contributed by atoms with van der Waals surface area (Å²) in [5.41, 5.74) is 1.27. The van der Waals surface area contributed by atoms with Crippen molar-refractivity contribution in [2.45, 2.75) is 39.2 Å². The number of ether oxygens (including phenoxy) is 2. The molecule has 8 heteroatoms. The highest BCUT2D eigenvalue weighted by atomic mass is 127. The maximum Gasteiger partial charge on any atom is 0.250 e. The van der Waals surface area contributed by atoms with Gasteiger partial charge in [-0.3, -0.25) is 9.79 Å². The zero-order valence-corrected chi connectivity index (χ0v) is 21.1. The third-order valence-corrected chi connectivity index (χ3v) is 4.70. The fourth-order valence-corrected chi connectivity index (χ4v) is 3.12. The monoisotopic (exact) mass is 542 g/mol. The van der Waals surface area contributed by atoms with Gasteiger partial charge in [-0.05, 0) is 56.4 Å². The molecule has 2 aromatic rings. The molecule has 0 bridgehead atoms. The molecule has 0 saturated carbocycles. The molecule has 1 aromatic carbocycles. The van der Waals surface area contributed by atoms with Crippen LogP contribution in [0.25, 0.3) is 0 Å². The highest BCUT2D eigenvalue weighted by molar-refractivity contribution is 14.0. The molecule has 0 aliphatic carbocycles. The van der Waals surface area contributed by atoms with Gasteiger partial charge in [-0.25, -0.2) is 0 Å². The van der Waals surface area contributed by atoms with E-state index in [4.69, 9.17) is 9.47 Å². The molecule has 0 amide bonds. The highest BCUT2D eigenvalue weighted by Gasteiger charge is 2.05. The van der Waals surface area contributed by atoms with Crippen LogP contribution in [0, 0.1) is 0 Å². The second-order valence-electron chi connectivity index (χ2n) is 6.89. The average molecular weight is 542 g/mol. The SMILES string of the molecule is CCOc1cc(CCCNC(=NC)NCCCCn2ccccc2=O)ccc1OC.I. The maximum absolute atomic E-state index is 11.7. The Balaban J connectivity index is 0.00000480. The first-order valence-corrected chi connectivity index (χ1v) is 10.6. The number of methoxy groups -OCH3 is 1. The molecule has 2 N–H and O–H groups in total. The van der Waals surface area contributed by atoms with Crippen LogP contribution in [-0.2, 0) is 13.0 Å². The van der Waals surface area contributed by atoms with Gasteiger partial charge in [0.25, 0.3) is 0 Å². The molecule has 7 nitrogen and oxygen atoms in total. The van der Waals surface area contributed by atoms with Gasteiger partial charge >= 0.3 is 0 Å². The van der Waals surface area contributed by atoms with Crippen molar-refractivity contribution in [1.29, 1.82) is 0 Å². The van der Waals surface area contributed by atoms with E-state index in [0.717, 1.165) is 62.8 Å². The summed E-state index contributed by atoms with van der Waals surface area (Å²) >= 11 is 0. The topological polar surface area (TPSA) is 76.9 Å². The van der Waals surface area contributed by atoms with Crippen LogP contribution in [0.3, 0.4) is 0 Å². The standard InChI is InChI=1S/C23H34N4O3.HI/c1-4-30-21-18-19(12-13-20(21)29-3)10-9-15-26-23(24-2)25-14-6-8-17-27-16-7-5-11-22(27)28;/h5,7,11-13,16,18H,4,6,8-10,14-15,17H2,1-3H3,(H2,24,25,26);1H. The summed E-state index contributed by atoms with van der Waals surface area (Å²) in [7, 11) is 3.43. The summed E-state index contributed by atoms with van der Waals surface area (Å²) in [6.45, 7) is 4.97. The van der Waals surface area contributed by atoms with Gasteiger partial charge in [0.2, 0.25) is 5.56 Å². The summed E-state index contributed by atoms with van der Waals surface area (Å²) in [4.78, 5) is 15.9. The molecule has 2 rings (SSSR count). The molecule has 0 unspecified atom stereocenters. The van der Waals surface area contributed by atoms with Crippen molar-refractivity contribution in [2.24, 2.45) is 4.99 Å². The van der Waals surface area contributed by atoms with E-state index in [2.05, 4.69) is 21.7 Å². The number of hydrogen-bond acceptors (Lipinski definition) is 4. The Morgan fingerprint density at radius 2 is 1.84 bits per heavy atom. The zero-order chi connectivity index (χ0) is 21.6. The minimum Gasteiger partial charge on any atom is -0.493 e. The quantitative estimate of drug-likeness (QED) is 0.186. The molecule has 0 spiro atoms. The third kappa shape index (κ3) is 9.63. The van der Waals surface area contributed by atoms with E-state index < -0.39 is 0 Å². The van der Waals surface area contributed by atoms with Crippen LogP contribution < -0.4 is 25.7 Å². The highest BCUT2D eigenvalue weighted by Crippen LogP contribution is 2.28. The molecular formula is C23H35IN4O3. The number of halogens is 1. The van der Waals surface area contributed by atoms with Crippen LogP contribution in [0.5, 0.6) is 11.5 Å². The minimum absolute atomic E-state index is 0. The van der Waals surface area contributed by atoms with Crippen LogP contribution >= 0.6 is 24.0 Å². The fraction of sp³-hybridized carbons (Fsp3) is 0.478. The van der Waals surface area contributed by atoms with E-state index in [-0.39, 0.29) is 29.5 Å². The van der Waals surface area contributed by atoms with E-state index in [1.165, 1.54) is 5.56 Å². The number of unbranched alkanes of at least 4 members (excludes halogenated alkanes) is 1. The van der Waals surface area contributed by atoms with E-state index in [1.807, 2.05) is 31.3 Å². The van der Waals surface area contributed by atoms with Crippen molar-refractivity contribution in [3.63, 3.8) is 0 Å². The zero-order valence-electron chi connectivity index (χ0n) is 18.7. The Morgan fingerprint density at radius 1 is 1.06 bits per heavy atom. The van der Waals surface area contributed by atoms with Crippen LogP contribution in [0.2, 0.25) is 0 Å². The Labute approximate surface area is 202 Å². The molecule has 0 aliphatic heterocycles. The van der Waals surface area contributed by atoms with E-state index in [9.17, 15) is 4.79 Å². The van der Waals surface area contributed by atoms with Gasteiger partial charge in [0, 0.05) is 38.9 Å². The van der Waals surface area contributed by atoms with Gasteiger partial charge in [0.05, 0.1) is 13.7 Å². The Morgan fingerprint density at radius 3 is 2.52 bits per heavy atom. The van der Waals surface area contributed by atoms with E-state index in [1.54, 1.807) is 30.9 Å². The predicted molar refractivity (Wildman–Crippen MR) is 137 cm³/mol. The number of aromatic nitrogens is 1. The number of nitrogens with zero attached hydrogens (tertiary/aromatic N) is 2. The van der Waals surface area contributed by atoms with Crippen LogP contribution in [0.4, 0.5) is 0 Å². The third-order valence-electron chi connectivity index (χ3n) is 4.70. The van der Waals surface area contributed by atoms with Crippen LogP contribution in [0.15, 0.2) is 52.4 Å². The second kappa shape index (κ2) is 15.6. The Hall–Kier alpha value is -2.23. The molecule has 172 valence electrons. The van der Waals surface area contributed by atoms with Crippen molar-refractivity contribution in [2.75, 3.05) is 33.9 Å². The van der Waals surface area contributed by atoms with Crippen molar-refractivity contribution in [1.82, 2.24) is 15.2 Å². The molecule has 0 radical (unpaired) electrons. The summed E-state index contributed by atoms with van der Waals surface area (Å²) in [5.74, 6) is 2.36.